The van der Waals surface area contributed by atoms with Gasteiger partial charge in [0.05, 0.1) is 24.2 Å². The Hall–Kier alpha value is -3.02. The van der Waals surface area contributed by atoms with Gasteiger partial charge in [0.1, 0.15) is 24.2 Å². The van der Waals surface area contributed by atoms with E-state index < -0.39 is 48.1 Å². The van der Waals surface area contributed by atoms with Crippen LogP contribution in [0, 0.1) is 23.7 Å². The number of rotatable bonds is 14. The second-order valence-corrected chi connectivity index (χ2v) is 16.8. The van der Waals surface area contributed by atoms with Crippen molar-refractivity contribution in [2.45, 2.75) is 147 Å². The average Bonchev–Trinajstić information content (AvgIpc) is 4.00. The molecule has 2 aliphatic heterocycles. The molecule has 8 atom stereocenters. The topological polar surface area (TPSA) is 181 Å². The van der Waals surface area contributed by atoms with Crippen LogP contribution in [0.5, 0.6) is 0 Å². The van der Waals surface area contributed by atoms with Crippen LogP contribution in [-0.4, -0.2) is 109 Å². The molecular weight excluding hydrogens is 1060 g/mol. The molecule has 2 aromatic carbocycles. The lowest BCUT2D eigenvalue weighted by Gasteiger charge is -2.31. The highest BCUT2D eigenvalue weighted by Crippen LogP contribution is 2.32. The molecule has 22 heteroatoms. The molecule has 0 radical (unpaired) electrons. The summed E-state index contributed by atoms with van der Waals surface area (Å²) in [6.45, 7) is 4.12. The molecule has 402 valence electrons. The number of amides is 6. The molecule has 2 aliphatic carbocycles. The number of hydrogen-bond acceptors (Lipinski definition) is 8. The summed E-state index contributed by atoms with van der Waals surface area (Å²) in [6.07, 6.45) is 7.70. The van der Waals surface area contributed by atoms with E-state index in [4.69, 9.17) is 0 Å². The summed E-state index contributed by atoms with van der Waals surface area (Å²) in [5, 5.41) is 17.8. The van der Waals surface area contributed by atoms with Gasteiger partial charge in [-0.2, -0.15) is 81.0 Å². The number of halogens is 2. The fraction of sp³-hybridized carbons (Fsp3) is 0.551. The minimum absolute atomic E-state index is 0. The Balaban J connectivity index is -0.00000249. The monoisotopic (exact) mass is 1140 g/mol. The van der Waals surface area contributed by atoms with Gasteiger partial charge in [-0.3, -0.25) is 28.8 Å². The zero-order chi connectivity index (χ0) is 44.2. The van der Waals surface area contributed by atoms with E-state index in [2.05, 4.69) is 67.7 Å². The SMILES string of the molecule is C.CN[C@@H](C)C(=O)N[C@@H](CC#CC#CC[C@H](NC(=O)[C@H](C)NC)C(=O)N1CCC[C@H]1C(=O)N[C@@H]1CCCc2ccccc21)C(=O)N1CCC[C@H]1C(=O)N[C@@H]1CCCc2ccccc21.Cl.Cl.S.S.S.S.S.S. The van der Waals surface area contributed by atoms with Crippen LogP contribution in [0.3, 0.4) is 0 Å². The summed E-state index contributed by atoms with van der Waals surface area (Å²) in [5.41, 5.74) is 4.67. The van der Waals surface area contributed by atoms with Gasteiger partial charge in [-0.25, -0.2) is 0 Å². The lowest BCUT2D eigenvalue weighted by Crippen LogP contribution is -2.55. The van der Waals surface area contributed by atoms with Crippen LogP contribution in [0.15, 0.2) is 48.5 Å². The van der Waals surface area contributed by atoms with Gasteiger partial charge in [0.15, 0.2) is 0 Å². The Morgan fingerprint density at radius 3 is 1.27 bits per heavy atom. The number of nitrogens with one attached hydrogen (secondary N) is 6. The van der Waals surface area contributed by atoms with Crippen LogP contribution in [0.25, 0.3) is 0 Å². The molecule has 2 heterocycles. The molecule has 0 bridgehead atoms. The molecule has 6 amide bonds. The second kappa shape index (κ2) is 36.8. The van der Waals surface area contributed by atoms with Crippen LogP contribution >= 0.6 is 106 Å². The zero-order valence-electron chi connectivity index (χ0n) is 40.3. The molecule has 14 nitrogen and oxygen atoms in total. The van der Waals surface area contributed by atoms with Crippen molar-refractivity contribution in [3.05, 3.63) is 70.8 Å². The third-order valence-corrected chi connectivity index (χ3v) is 12.8. The van der Waals surface area contributed by atoms with E-state index in [-0.39, 0.29) is 162 Å². The number of benzene rings is 2. The van der Waals surface area contributed by atoms with Crippen LogP contribution in [0.4, 0.5) is 0 Å². The third kappa shape index (κ3) is 19.6. The van der Waals surface area contributed by atoms with E-state index in [1.54, 1.807) is 37.7 Å². The van der Waals surface area contributed by atoms with Gasteiger partial charge in [-0.1, -0.05) is 67.8 Å². The van der Waals surface area contributed by atoms with Crippen LogP contribution < -0.4 is 31.9 Å². The highest BCUT2D eigenvalue weighted by Gasteiger charge is 2.40. The van der Waals surface area contributed by atoms with E-state index in [0.29, 0.717) is 38.8 Å². The first kappa shape index (κ1) is 74.5. The van der Waals surface area contributed by atoms with Gasteiger partial charge in [-0.05, 0) is 126 Å². The van der Waals surface area contributed by atoms with Crippen molar-refractivity contribution in [3.63, 3.8) is 0 Å². The molecule has 0 saturated carbocycles. The van der Waals surface area contributed by atoms with Crippen molar-refractivity contribution >= 4 is 141 Å². The predicted octanol–water partition coefficient (Wildman–Crippen LogP) is 4.48. The van der Waals surface area contributed by atoms with E-state index in [9.17, 15) is 28.8 Å². The predicted molar refractivity (Wildman–Crippen MR) is 319 cm³/mol. The number of fused-ring (bicyclic) bond motifs is 2. The van der Waals surface area contributed by atoms with Gasteiger partial charge >= 0.3 is 0 Å². The summed E-state index contributed by atoms with van der Waals surface area (Å²) < 4.78 is 0. The Labute approximate surface area is 476 Å². The quantitative estimate of drug-likeness (QED) is 0.150. The first-order chi connectivity index (χ1) is 30.0. The van der Waals surface area contributed by atoms with E-state index in [0.717, 1.165) is 49.7 Å². The molecule has 2 saturated heterocycles. The van der Waals surface area contributed by atoms with Crippen molar-refractivity contribution in [3.8, 4) is 23.7 Å². The Morgan fingerprint density at radius 2 is 0.915 bits per heavy atom. The van der Waals surface area contributed by atoms with Crippen LogP contribution in [0.2, 0.25) is 0 Å². The van der Waals surface area contributed by atoms with Gasteiger partial charge in [0.25, 0.3) is 0 Å². The number of likely N-dealkylation sites (tertiary alicyclic amines) is 2. The van der Waals surface area contributed by atoms with Gasteiger partial charge in [0, 0.05) is 25.9 Å². The average molecular weight is 1140 g/mol. The smallest absolute Gasteiger partial charge is 0.246 e. The minimum Gasteiger partial charge on any atom is -0.347 e. The number of carbonyl (C=O) groups is 6. The fourth-order valence-corrected chi connectivity index (χ4v) is 9.00. The summed E-state index contributed by atoms with van der Waals surface area (Å²) in [6, 6.07) is 11.4. The summed E-state index contributed by atoms with van der Waals surface area (Å²) in [7, 11) is 3.30. The van der Waals surface area contributed by atoms with Crippen molar-refractivity contribution in [1.29, 1.82) is 0 Å². The highest BCUT2D eigenvalue weighted by atomic mass is 35.5. The minimum atomic E-state index is -1.03. The van der Waals surface area contributed by atoms with Crippen molar-refractivity contribution in [2.75, 3.05) is 27.2 Å². The summed E-state index contributed by atoms with van der Waals surface area (Å²) in [5.74, 6) is 9.38. The van der Waals surface area contributed by atoms with E-state index in [1.165, 1.54) is 11.1 Å². The first-order valence-electron chi connectivity index (χ1n) is 22.3. The van der Waals surface area contributed by atoms with Gasteiger partial charge in [0.2, 0.25) is 35.4 Å². The molecule has 0 aromatic heterocycles. The Morgan fingerprint density at radius 1 is 0.563 bits per heavy atom. The van der Waals surface area contributed by atoms with Crippen molar-refractivity contribution in [2.24, 2.45) is 0 Å². The standard InChI is InChI=1S/C48H62N8O6.CH4.2ClH.6H2S/c1-31(49-3)43(57)53-39(47(61)55-29-15-27-41(55)45(59)51-37-25-13-19-33-17-9-11-21-35(33)37)23-7-5-6-8-24-40(54-44(58)32(2)50-4)48(62)56-30-16-28-42(56)46(60)52-38-26-14-20-34-18-10-12-22-36(34)38;;;;;;;;;/h9-12,17-18,21-22,31-32,37-42,49-50H,13-16,19-20,23-30H2,1-4H3,(H,51,59)(H,52,60)(H,53,57)(H,54,58);1H4;2*1H;6*1H2/t31-,32-,37+,38+,39-,40-,41-,42-;;;;;;;;;/m0........./s1. The van der Waals surface area contributed by atoms with Crippen LogP contribution in [0.1, 0.15) is 120 Å². The number of likely N-dealkylation sites (N-methyl/N-ethyl adjacent to an activating group) is 2. The maximum Gasteiger partial charge on any atom is 0.246 e. The van der Waals surface area contributed by atoms with E-state index >= 15 is 0 Å². The largest absolute Gasteiger partial charge is 0.347 e. The maximum atomic E-state index is 14.1. The third-order valence-electron chi connectivity index (χ3n) is 12.8. The molecule has 0 spiro atoms. The van der Waals surface area contributed by atoms with E-state index in [1.807, 2.05) is 36.4 Å². The first-order valence-corrected chi connectivity index (χ1v) is 22.3. The molecular formula is C49H80Cl2N8O6S6. The highest BCUT2D eigenvalue weighted by molar-refractivity contribution is 7.60. The van der Waals surface area contributed by atoms with Gasteiger partial charge < -0.3 is 41.7 Å². The number of aryl methyl sites for hydroxylation is 2. The maximum absolute atomic E-state index is 14.1. The lowest BCUT2D eigenvalue weighted by atomic mass is 9.87. The summed E-state index contributed by atoms with van der Waals surface area (Å²) in [4.78, 5) is 84.9. The number of nitrogens with zero attached hydrogens (tertiary/aromatic N) is 2. The van der Waals surface area contributed by atoms with Crippen LogP contribution in [-0.2, 0) is 41.6 Å². The van der Waals surface area contributed by atoms with Crippen molar-refractivity contribution < 1.29 is 28.8 Å². The molecule has 4 aliphatic rings. The zero-order valence-corrected chi connectivity index (χ0v) is 47.9. The molecule has 2 fully saturated rings. The molecule has 0 unspecified atom stereocenters. The second-order valence-electron chi connectivity index (χ2n) is 16.8. The Kier molecular flexibility index (Phi) is 38.6. The molecule has 6 N–H and O–H groups in total. The molecule has 71 heavy (non-hydrogen) atoms. The fourth-order valence-electron chi connectivity index (χ4n) is 9.00. The van der Waals surface area contributed by atoms with Crippen molar-refractivity contribution in [1.82, 2.24) is 41.7 Å². The molecule has 2 aromatic rings. The lowest BCUT2D eigenvalue weighted by molar-refractivity contribution is -0.141. The summed E-state index contributed by atoms with van der Waals surface area (Å²) >= 11 is 0. The molecule has 6 rings (SSSR count). The number of hydrogen-bond donors (Lipinski definition) is 6. The Bertz CT molecular complexity index is 2000. The number of carbonyl (C=O) groups excluding carboxylic acids is 6. The van der Waals surface area contributed by atoms with Gasteiger partial charge in [-0.15, -0.1) is 24.8 Å². The normalized spacial score (nSPS) is 19.3.